The Labute approximate surface area is 210 Å². The Morgan fingerprint density at radius 3 is 2.66 bits per heavy atom. The van der Waals surface area contributed by atoms with Gasteiger partial charge < -0.3 is 14.6 Å². The summed E-state index contributed by atoms with van der Waals surface area (Å²) in [6.45, 7) is 6.18. The van der Waals surface area contributed by atoms with Crippen molar-refractivity contribution in [3.05, 3.63) is 79.8 Å². The molecule has 0 saturated carbocycles. The van der Waals surface area contributed by atoms with Crippen LogP contribution >= 0.6 is 22.9 Å². The number of anilines is 1. The van der Waals surface area contributed by atoms with E-state index in [9.17, 15) is 19.7 Å². The summed E-state index contributed by atoms with van der Waals surface area (Å²) in [5.41, 5.74) is 3.11. The number of benzene rings is 2. The average Bonchev–Trinajstić information content (AvgIpc) is 3.37. The van der Waals surface area contributed by atoms with E-state index in [1.54, 1.807) is 30.5 Å². The molecule has 10 heteroatoms. The number of non-ortho nitro benzene ring substituents is 1. The van der Waals surface area contributed by atoms with Crippen LogP contribution in [0, 0.1) is 17.0 Å². The van der Waals surface area contributed by atoms with Gasteiger partial charge in [0, 0.05) is 45.5 Å². The number of fused-ring (bicyclic) bond motifs is 1. The van der Waals surface area contributed by atoms with Gasteiger partial charge in [0.1, 0.15) is 16.3 Å². The lowest BCUT2D eigenvalue weighted by Crippen LogP contribution is -2.19. The van der Waals surface area contributed by atoms with Gasteiger partial charge in [-0.1, -0.05) is 23.7 Å². The Bertz CT molecular complexity index is 1470. The normalized spacial score (nSPS) is 11.0. The molecule has 2 aromatic heterocycles. The zero-order chi connectivity index (χ0) is 25.3. The number of ether oxygens (including phenoxy) is 1. The lowest BCUT2D eigenvalue weighted by atomic mass is 10.0. The first kappa shape index (κ1) is 24.4. The van der Waals surface area contributed by atoms with Gasteiger partial charge >= 0.3 is 5.97 Å². The van der Waals surface area contributed by atoms with Crippen molar-refractivity contribution in [3.63, 3.8) is 0 Å². The summed E-state index contributed by atoms with van der Waals surface area (Å²) in [7, 11) is 0. The predicted octanol–water partition coefficient (Wildman–Crippen LogP) is 6.69. The molecule has 8 nitrogen and oxygen atoms in total. The fourth-order valence-corrected chi connectivity index (χ4v) is 5.26. The standard InChI is InChI=1S/C25H22ClN3O5S/c1-4-28-20-10-9-16(26)12-18(20)14(3)22(28)23(30)27-24-21(25(31)34-5-2)19(13-35-24)15-7-6-8-17(11-15)29(32)33/h6-13H,4-5H2,1-3H3,(H,27,30). The number of esters is 1. The number of nitro benzene ring substituents is 1. The lowest BCUT2D eigenvalue weighted by molar-refractivity contribution is -0.384. The Hall–Kier alpha value is -3.69. The Morgan fingerprint density at radius 1 is 1.20 bits per heavy atom. The highest BCUT2D eigenvalue weighted by Crippen LogP contribution is 2.38. The second-order valence-electron chi connectivity index (χ2n) is 7.71. The number of carbonyl (C=O) groups excluding carboxylic acids is 2. The molecule has 1 amide bonds. The number of hydrogen-bond acceptors (Lipinski definition) is 6. The van der Waals surface area contributed by atoms with Crippen LogP contribution in [0.1, 0.15) is 40.3 Å². The molecule has 4 aromatic rings. The molecule has 1 N–H and O–H groups in total. The molecule has 2 heterocycles. The SMILES string of the molecule is CCOC(=O)c1c(-c2cccc([N+](=O)[O-])c2)csc1NC(=O)c1c(C)c2cc(Cl)ccc2n1CC. The minimum atomic E-state index is -0.620. The van der Waals surface area contributed by atoms with Crippen LogP contribution in [0.25, 0.3) is 22.0 Å². The number of thiophene rings is 1. The van der Waals surface area contributed by atoms with E-state index in [4.69, 9.17) is 16.3 Å². The van der Waals surface area contributed by atoms with Gasteiger partial charge in [-0.15, -0.1) is 11.3 Å². The second kappa shape index (κ2) is 9.89. The zero-order valence-corrected chi connectivity index (χ0v) is 20.8. The molecule has 2 aromatic carbocycles. The number of hydrogen-bond donors (Lipinski definition) is 1. The third kappa shape index (κ3) is 4.52. The minimum absolute atomic E-state index is 0.101. The number of amides is 1. The number of carbonyl (C=O) groups is 2. The predicted molar refractivity (Wildman–Crippen MR) is 138 cm³/mol. The van der Waals surface area contributed by atoms with E-state index < -0.39 is 10.9 Å². The van der Waals surface area contributed by atoms with E-state index in [1.807, 2.05) is 30.5 Å². The highest BCUT2D eigenvalue weighted by atomic mass is 35.5. The van der Waals surface area contributed by atoms with Gasteiger partial charge in [0.15, 0.2) is 0 Å². The van der Waals surface area contributed by atoms with Crippen LogP contribution in [0.5, 0.6) is 0 Å². The van der Waals surface area contributed by atoms with Crippen LogP contribution in [0.2, 0.25) is 5.02 Å². The molecule has 0 radical (unpaired) electrons. The smallest absolute Gasteiger partial charge is 0.341 e. The summed E-state index contributed by atoms with van der Waals surface area (Å²) >= 11 is 7.34. The van der Waals surface area contributed by atoms with E-state index in [1.165, 1.54) is 12.1 Å². The van der Waals surface area contributed by atoms with Gasteiger partial charge in [-0.3, -0.25) is 14.9 Å². The van der Waals surface area contributed by atoms with Crippen molar-refractivity contribution < 1.29 is 19.2 Å². The van der Waals surface area contributed by atoms with Crippen LogP contribution in [-0.4, -0.2) is 28.0 Å². The lowest BCUT2D eigenvalue weighted by Gasteiger charge is -2.11. The highest BCUT2D eigenvalue weighted by Gasteiger charge is 2.26. The molecule has 35 heavy (non-hydrogen) atoms. The molecule has 0 aliphatic rings. The number of rotatable bonds is 7. The van der Waals surface area contributed by atoms with Crippen LogP contribution in [-0.2, 0) is 11.3 Å². The van der Waals surface area contributed by atoms with E-state index in [2.05, 4.69) is 5.32 Å². The maximum absolute atomic E-state index is 13.5. The maximum atomic E-state index is 13.5. The topological polar surface area (TPSA) is 103 Å². The number of aromatic nitrogens is 1. The number of halogens is 1. The summed E-state index contributed by atoms with van der Waals surface area (Å²) in [6.07, 6.45) is 0. The molecule has 0 spiro atoms. The van der Waals surface area contributed by atoms with Crippen LogP contribution in [0.15, 0.2) is 47.8 Å². The van der Waals surface area contributed by atoms with Gasteiger partial charge in [-0.25, -0.2) is 4.79 Å². The van der Waals surface area contributed by atoms with E-state index in [0.29, 0.717) is 33.4 Å². The molecular weight excluding hydrogens is 490 g/mol. The minimum Gasteiger partial charge on any atom is -0.462 e. The first-order chi connectivity index (χ1) is 16.8. The van der Waals surface area contributed by atoms with E-state index in [-0.39, 0.29) is 23.8 Å². The largest absolute Gasteiger partial charge is 0.462 e. The van der Waals surface area contributed by atoms with Crippen molar-refractivity contribution in [3.8, 4) is 11.1 Å². The molecule has 0 saturated heterocycles. The van der Waals surface area contributed by atoms with E-state index in [0.717, 1.165) is 27.8 Å². The quantitative estimate of drug-likeness (QED) is 0.169. The molecule has 0 unspecified atom stereocenters. The average molecular weight is 512 g/mol. The monoisotopic (exact) mass is 511 g/mol. The molecule has 0 aliphatic carbocycles. The van der Waals surface area contributed by atoms with Crippen molar-refractivity contribution >= 4 is 56.4 Å². The fourth-order valence-electron chi connectivity index (χ4n) is 4.13. The van der Waals surface area contributed by atoms with Crippen molar-refractivity contribution in [2.24, 2.45) is 0 Å². The van der Waals surface area contributed by atoms with Crippen molar-refractivity contribution in [1.82, 2.24) is 4.57 Å². The van der Waals surface area contributed by atoms with Gasteiger partial charge in [0.2, 0.25) is 0 Å². The zero-order valence-electron chi connectivity index (χ0n) is 19.3. The molecule has 180 valence electrons. The van der Waals surface area contributed by atoms with Crippen LogP contribution in [0.4, 0.5) is 10.7 Å². The molecule has 0 bridgehead atoms. The fraction of sp³-hybridized carbons (Fsp3) is 0.200. The molecule has 0 atom stereocenters. The van der Waals surface area contributed by atoms with Crippen molar-refractivity contribution in [2.75, 3.05) is 11.9 Å². The number of aryl methyl sites for hydroxylation is 2. The van der Waals surface area contributed by atoms with Crippen molar-refractivity contribution in [1.29, 1.82) is 0 Å². The van der Waals surface area contributed by atoms with Gasteiger partial charge in [0.05, 0.1) is 11.5 Å². The summed E-state index contributed by atoms with van der Waals surface area (Å²) in [5.74, 6) is -1.00. The third-order valence-electron chi connectivity index (χ3n) is 5.68. The molecule has 0 fully saturated rings. The first-order valence-corrected chi connectivity index (χ1v) is 12.2. The Balaban J connectivity index is 1.80. The van der Waals surface area contributed by atoms with Gasteiger partial charge in [-0.2, -0.15) is 0 Å². The number of nitro groups is 1. The Kier molecular flexibility index (Phi) is 6.90. The Morgan fingerprint density at radius 2 is 1.97 bits per heavy atom. The third-order valence-corrected chi connectivity index (χ3v) is 6.81. The van der Waals surface area contributed by atoms with Crippen molar-refractivity contribution in [2.45, 2.75) is 27.3 Å². The van der Waals surface area contributed by atoms with Gasteiger partial charge in [0.25, 0.3) is 11.6 Å². The summed E-state index contributed by atoms with van der Waals surface area (Å²) < 4.78 is 7.14. The first-order valence-electron chi connectivity index (χ1n) is 10.9. The summed E-state index contributed by atoms with van der Waals surface area (Å²) in [6, 6.07) is 11.5. The molecule has 4 rings (SSSR count). The highest BCUT2D eigenvalue weighted by molar-refractivity contribution is 7.15. The summed E-state index contributed by atoms with van der Waals surface area (Å²) in [4.78, 5) is 37.1. The van der Waals surface area contributed by atoms with Gasteiger partial charge in [-0.05, 0) is 50.1 Å². The van der Waals surface area contributed by atoms with Crippen LogP contribution in [0.3, 0.4) is 0 Å². The number of nitrogens with one attached hydrogen (secondary N) is 1. The summed E-state index contributed by atoms with van der Waals surface area (Å²) in [5, 5.41) is 17.6. The molecular formula is C25H22ClN3O5S. The maximum Gasteiger partial charge on any atom is 0.341 e. The van der Waals surface area contributed by atoms with E-state index >= 15 is 0 Å². The second-order valence-corrected chi connectivity index (χ2v) is 9.03. The van der Waals surface area contributed by atoms with Crippen LogP contribution < -0.4 is 5.32 Å². The molecule has 0 aliphatic heterocycles. The number of nitrogens with zero attached hydrogens (tertiary/aromatic N) is 2.